The number of hydrogen-bond donors (Lipinski definition) is 1. The minimum absolute atomic E-state index is 0.110. The standard InChI is InChI=1S/C16H17BrFNO/c1-10-3-5-13(18)9-16(10)20-15-6-4-12(7-11(2)19)8-14(15)17/h3-6,8-9,11H,7,19H2,1-2H3. The molecule has 0 aliphatic rings. The van der Waals surface area contributed by atoms with Crippen LogP contribution in [0.25, 0.3) is 0 Å². The maximum atomic E-state index is 13.3. The van der Waals surface area contributed by atoms with Crippen molar-refractivity contribution in [2.45, 2.75) is 26.3 Å². The zero-order valence-corrected chi connectivity index (χ0v) is 13.1. The van der Waals surface area contributed by atoms with Gasteiger partial charge in [-0.1, -0.05) is 12.1 Å². The lowest BCUT2D eigenvalue weighted by Crippen LogP contribution is -2.17. The van der Waals surface area contributed by atoms with E-state index in [4.69, 9.17) is 10.5 Å². The zero-order chi connectivity index (χ0) is 14.7. The summed E-state index contributed by atoms with van der Waals surface area (Å²) < 4.78 is 19.8. The monoisotopic (exact) mass is 337 g/mol. The molecule has 0 amide bonds. The Morgan fingerprint density at radius 1 is 1.20 bits per heavy atom. The lowest BCUT2D eigenvalue weighted by molar-refractivity contribution is 0.470. The molecule has 1 unspecified atom stereocenters. The minimum atomic E-state index is -0.310. The van der Waals surface area contributed by atoms with E-state index in [0.717, 1.165) is 22.0 Å². The third-order valence-electron chi connectivity index (χ3n) is 2.92. The number of ether oxygens (including phenoxy) is 1. The fourth-order valence-electron chi connectivity index (χ4n) is 1.93. The van der Waals surface area contributed by atoms with E-state index in [-0.39, 0.29) is 11.9 Å². The Hall–Kier alpha value is -1.39. The summed E-state index contributed by atoms with van der Waals surface area (Å²) in [7, 11) is 0. The summed E-state index contributed by atoms with van der Waals surface area (Å²) in [5, 5.41) is 0. The largest absolute Gasteiger partial charge is 0.456 e. The molecule has 0 bridgehead atoms. The van der Waals surface area contributed by atoms with E-state index in [1.54, 1.807) is 6.07 Å². The second kappa shape index (κ2) is 6.37. The molecule has 0 aromatic heterocycles. The SMILES string of the molecule is Cc1ccc(F)cc1Oc1ccc(CC(C)N)cc1Br. The van der Waals surface area contributed by atoms with Crippen LogP contribution in [0, 0.1) is 12.7 Å². The number of nitrogens with two attached hydrogens (primary N) is 1. The second-order valence-electron chi connectivity index (χ2n) is 4.96. The van der Waals surface area contributed by atoms with E-state index in [0.29, 0.717) is 11.5 Å². The van der Waals surface area contributed by atoms with E-state index in [9.17, 15) is 4.39 Å². The van der Waals surface area contributed by atoms with Gasteiger partial charge >= 0.3 is 0 Å². The van der Waals surface area contributed by atoms with Crippen molar-refractivity contribution in [2.75, 3.05) is 0 Å². The normalized spacial score (nSPS) is 12.2. The fraction of sp³-hybridized carbons (Fsp3) is 0.250. The van der Waals surface area contributed by atoms with Crippen molar-refractivity contribution >= 4 is 15.9 Å². The minimum Gasteiger partial charge on any atom is -0.456 e. The van der Waals surface area contributed by atoms with Crippen LogP contribution in [0.1, 0.15) is 18.1 Å². The zero-order valence-electron chi connectivity index (χ0n) is 11.5. The van der Waals surface area contributed by atoms with Crippen LogP contribution in [0.5, 0.6) is 11.5 Å². The Labute approximate surface area is 126 Å². The van der Waals surface area contributed by atoms with E-state index in [1.807, 2.05) is 32.0 Å². The van der Waals surface area contributed by atoms with Gasteiger partial charge < -0.3 is 10.5 Å². The summed E-state index contributed by atoms with van der Waals surface area (Å²) in [6.07, 6.45) is 0.803. The topological polar surface area (TPSA) is 35.2 Å². The fourth-order valence-corrected chi connectivity index (χ4v) is 2.44. The highest BCUT2D eigenvalue weighted by Gasteiger charge is 2.08. The Morgan fingerprint density at radius 2 is 1.95 bits per heavy atom. The molecule has 1 atom stereocenters. The van der Waals surface area contributed by atoms with Crippen molar-refractivity contribution in [3.05, 3.63) is 57.8 Å². The van der Waals surface area contributed by atoms with Crippen LogP contribution in [0.4, 0.5) is 4.39 Å². The molecule has 0 aliphatic carbocycles. The first kappa shape index (κ1) is 15.0. The predicted molar refractivity (Wildman–Crippen MR) is 82.7 cm³/mol. The van der Waals surface area contributed by atoms with Crippen molar-refractivity contribution in [1.82, 2.24) is 0 Å². The van der Waals surface area contributed by atoms with Gasteiger partial charge in [0.05, 0.1) is 4.47 Å². The van der Waals surface area contributed by atoms with E-state index in [2.05, 4.69) is 15.9 Å². The molecule has 2 aromatic carbocycles. The molecule has 0 heterocycles. The predicted octanol–water partition coefficient (Wildman–Crippen LogP) is 4.58. The third-order valence-corrected chi connectivity index (χ3v) is 3.54. The van der Waals surface area contributed by atoms with Crippen LogP contribution in [0.15, 0.2) is 40.9 Å². The molecule has 2 rings (SSSR count). The van der Waals surface area contributed by atoms with Gasteiger partial charge in [-0.2, -0.15) is 0 Å². The van der Waals surface area contributed by atoms with Crippen molar-refractivity contribution in [1.29, 1.82) is 0 Å². The third kappa shape index (κ3) is 3.81. The van der Waals surface area contributed by atoms with Crippen molar-refractivity contribution in [2.24, 2.45) is 5.73 Å². The van der Waals surface area contributed by atoms with Gasteiger partial charge in [-0.3, -0.25) is 0 Å². The Balaban J connectivity index is 2.23. The first-order chi connectivity index (χ1) is 9.45. The van der Waals surface area contributed by atoms with Crippen LogP contribution < -0.4 is 10.5 Å². The molecular formula is C16H17BrFNO. The van der Waals surface area contributed by atoms with Gasteiger partial charge in [-0.05, 0) is 65.5 Å². The molecule has 20 heavy (non-hydrogen) atoms. The highest BCUT2D eigenvalue weighted by molar-refractivity contribution is 9.10. The first-order valence-corrected chi connectivity index (χ1v) is 7.23. The highest BCUT2D eigenvalue weighted by Crippen LogP contribution is 2.32. The lowest BCUT2D eigenvalue weighted by atomic mass is 10.1. The summed E-state index contributed by atoms with van der Waals surface area (Å²) >= 11 is 3.48. The summed E-state index contributed by atoms with van der Waals surface area (Å²) in [5.74, 6) is 0.869. The van der Waals surface area contributed by atoms with Gasteiger partial charge in [0.1, 0.15) is 17.3 Å². The van der Waals surface area contributed by atoms with Crippen molar-refractivity contribution in [3.8, 4) is 11.5 Å². The molecule has 0 aliphatic heterocycles. The number of rotatable bonds is 4. The van der Waals surface area contributed by atoms with Gasteiger partial charge in [0, 0.05) is 12.1 Å². The number of benzene rings is 2. The molecule has 0 saturated heterocycles. The van der Waals surface area contributed by atoms with Gasteiger partial charge in [0.2, 0.25) is 0 Å². The van der Waals surface area contributed by atoms with Crippen molar-refractivity contribution in [3.63, 3.8) is 0 Å². The average molecular weight is 338 g/mol. The van der Waals surface area contributed by atoms with Crippen LogP contribution in [0.2, 0.25) is 0 Å². The van der Waals surface area contributed by atoms with Crippen LogP contribution >= 0.6 is 15.9 Å². The summed E-state index contributed by atoms with van der Waals surface area (Å²) in [5.41, 5.74) is 7.81. The first-order valence-electron chi connectivity index (χ1n) is 6.43. The van der Waals surface area contributed by atoms with E-state index >= 15 is 0 Å². The van der Waals surface area contributed by atoms with Gasteiger partial charge in [-0.25, -0.2) is 4.39 Å². The molecular weight excluding hydrogens is 321 g/mol. The number of halogens is 2. The van der Waals surface area contributed by atoms with Gasteiger partial charge in [0.15, 0.2) is 0 Å². The molecule has 0 radical (unpaired) electrons. The summed E-state index contributed by atoms with van der Waals surface area (Å²) in [4.78, 5) is 0. The van der Waals surface area contributed by atoms with Gasteiger partial charge in [0.25, 0.3) is 0 Å². The molecule has 0 spiro atoms. The second-order valence-corrected chi connectivity index (χ2v) is 5.81. The molecule has 106 valence electrons. The lowest BCUT2D eigenvalue weighted by Gasteiger charge is -2.12. The smallest absolute Gasteiger partial charge is 0.141 e. The molecule has 2 N–H and O–H groups in total. The Bertz CT molecular complexity index is 613. The highest BCUT2D eigenvalue weighted by atomic mass is 79.9. The molecule has 2 aromatic rings. The number of hydrogen-bond acceptors (Lipinski definition) is 2. The van der Waals surface area contributed by atoms with Crippen LogP contribution in [0.3, 0.4) is 0 Å². The van der Waals surface area contributed by atoms with Crippen molar-refractivity contribution < 1.29 is 9.13 Å². The Kier molecular flexibility index (Phi) is 4.78. The summed E-state index contributed by atoms with van der Waals surface area (Å²) in [6, 6.07) is 10.4. The van der Waals surface area contributed by atoms with Crippen LogP contribution in [-0.2, 0) is 6.42 Å². The molecule has 0 fully saturated rings. The maximum Gasteiger partial charge on any atom is 0.141 e. The van der Waals surface area contributed by atoms with E-state index < -0.39 is 0 Å². The molecule has 4 heteroatoms. The molecule has 0 saturated carbocycles. The van der Waals surface area contributed by atoms with E-state index in [1.165, 1.54) is 12.1 Å². The van der Waals surface area contributed by atoms with Crippen LogP contribution in [-0.4, -0.2) is 6.04 Å². The number of aryl methyl sites for hydroxylation is 1. The van der Waals surface area contributed by atoms with Gasteiger partial charge in [-0.15, -0.1) is 0 Å². The maximum absolute atomic E-state index is 13.3. The average Bonchev–Trinajstić information content (AvgIpc) is 2.36. The quantitative estimate of drug-likeness (QED) is 0.886. The molecule has 2 nitrogen and oxygen atoms in total. The Morgan fingerprint density at radius 3 is 2.60 bits per heavy atom. The summed E-state index contributed by atoms with van der Waals surface area (Å²) in [6.45, 7) is 3.85.